The Labute approximate surface area is 357 Å². The maximum Gasteiger partial charge on any atom is 0.132 e. The van der Waals surface area contributed by atoms with Crippen LogP contribution in [0.25, 0.3) is 38.2 Å². The first-order valence-corrected chi connectivity index (χ1v) is 21.9. The van der Waals surface area contributed by atoms with Crippen molar-refractivity contribution in [3.05, 3.63) is 233 Å². The highest BCUT2D eigenvalue weighted by Gasteiger charge is 2.61. The molecule has 61 heavy (non-hydrogen) atoms. The molecule has 0 aromatic heterocycles. The van der Waals surface area contributed by atoms with Gasteiger partial charge in [0.15, 0.2) is 0 Å². The molecular weight excluding hydrogens is 739 g/mol. The average molecular weight is 784 g/mol. The molecule has 0 N–H and O–H groups in total. The first-order valence-electron chi connectivity index (χ1n) is 21.9. The summed E-state index contributed by atoms with van der Waals surface area (Å²) in [5, 5.41) is 5.12. The number of rotatable bonds is 3. The molecule has 3 aliphatic carbocycles. The van der Waals surface area contributed by atoms with Gasteiger partial charge < -0.3 is 9.64 Å². The molecule has 0 saturated carbocycles. The number of nitrogens with zero attached hydrogens (tertiary/aromatic N) is 1. The lowest BCUT2D eigenvalue weighted by molar-refractivity contribution is 0.421. The van der Waals surface area contributed by atoms with E-state index in [4.69, 9.17) is 4.74 Å². The molecule has 2 nitrogen and oxygen atoms in total. The molecule has 4 bridgehead atoms. The Balaban J connectivity index is 1.13. The topological polar surface area (TPSA) is 12.5 Å². The van der Waals surface area contributed by atoms with Gasteiger partial charge in [0, 0.05) is 39.8 Å². The summed E-state index contributed by atoms with van der Waals surface area (Å²) in [6.45, 7) is 10.0. The molecule has 0 radical (unpaired) electrons. The van der Waals surface area contributed by atoms with E-state index in [0.717, 1.165) is 22.9 Å². The second-order valence-electron chi connectivity index (χ2n) is 18.3. The number of benzene rings is 8. The summed E-state index contributed by atoms with van der Waals surface area (Å²) in [5.41, 5.74) is 15.9. The van der Waals surface area contributed by atoms with Crippen LogP contribution in [0.3, 0.4) is 0 Å². The monoisotopic (exact) mass is 783 g/mol. The normalized spacial score (nSPS) is 25.1. The van der Waals surface area contributed by atoms with Gasteiger partial charge in [0.1, 0.15) is 11.5 Å². The van der Waals surface area contributed by atoms with Crippen LogP contribution in [0.15, 0.2) is 205 Å². The van der Waals surface area contributed by atoms with Crippen molar-refractivity contribution in [2.45, 2.75) is 44.1 Å². The van der Waals surface area contributed by atoms with Crippen LogP contribution in [0.2, 0.25) is 0 Å². The van der Waals surface area contributed by atoms with E-state index in [1.807, 2.05) is 0 Å². The Kier molecular flexibility index (Phi) is 6.93. The van der Waals surface area contributed by atoms with Gasteiger partial charge in [-0.3, -0.25) is 0 Å². The van der Waals surface area contributed by atoms with Crippen LogP contribution in [0, 0.1) is 11.8 Å². The lowest BCUT2D eigenvalue weighted by Gasteiger charge is -2.54. The van der Waals surface area contributed by atoms with E-state index < -0.39 is 11.0 Å². The number of ether oxygens (including phenoxy) is 1. The molecule has 0 fully saturated rings. The predicted molar refractivity (Wildman–Crippen MR) is 252 cm³/mol. The van der Waals surface area contributed by atoms with E-state index in [1.165, 1.54) is 82.8 Å². The fraction of sp³-hybridized carbons (Fsp3) is 0.153. The smallest absolute Gasteiger partial charge is 0.132 e. The second-order valence-corrected chi connectivity index (χ2v) is 18.3. The van der Waals surface area contributed by atoms with E-state index in [1.54, 1.807) is 0 Å². The fourth-order valence-electron chi connectivity index (χ4n) is 13.1. The summed E-state index contributed by atoms with van der Waals surface area (Å²) in [6.07, 6.45) is 5.13. The average Bonchev–Trinajstić information content (AvgIpc) is 3.61. The molecule has 0 amide bonds. The molecule has 2 aliphatic heterocycles. The molecule has 2 heterocycles. The maximum atomic E-state index is 6.95. The molecule has 8 aromatic carbocycles. The molecule has 5 aliphatic rings. The van der Waals surface area contributed by atoms with Crippen LogP contribution in [-0.2, 0) is 10.8 Å². The zero-order valence-corrected chi connectivity index (χ0v) is 34.9. The van der Waals surface area contributed by atoms with Crippen molar-refractivity contribution in [3.63, 3.8) is 0 Å². The third-order valence-electron chi connectivity index (χ3n) is 15.4. The lowest BCUT2D eigenvalue weighted by atomic mass is 9.53. The largest absolute Gasteiger partial charge is 0.457 e. The molecule has 0 saturated heterocycles. The van der Waals surface area contributed by atoms with Crippen LogP contribution in [0.5, 0.6) is 11.5 Å². The van der Waals surface area contributed by atoms with Crippen molar-refractivity contribution in [1.82, 2.24) is 0 Å². The van der Waals surface area contributed by atoms with E-state index in [2.05, 4.69) is 221 Å². The molecule has 292 valence electrons. The van der Waals surface area contributed by atoms with Gasteiger partial charge >= 0.3 is 0 Å². The second kappa shape index (κ2) is 12.1. The van der Waals surface area contributed by atoms with Crippen molar-refractivity contribution >= 4 is 38.5 Å². The van der Waals surface area contributed by atoms with Crippen LogP contribution < -0.4 is 9.64 Å². The van der Waals surface area contributed by atoms with Crippen molar-refractivity contribution < 1.29 is 4.74 Å². The van der Waals surface area contributed by atoms with E-state index in [-0.39, 0.29) is 17.3 Å². The zero-order chi connectivity index (χ0) is 40.8. The minimum absolute atomic E-state index is 0.0866. The van der Waals surface area contributed by atoms with Gasteiger partial charge in [-0.15, -0.1) is 0 Å². The summed E-state index contributed by atoms with van der Waals surface area (Å²) in [5.74, 6) is 2.09. The molecule has 2 heteroatoms. The van der Waals surface area contributed by atoms with Crippen molar-refractivity contribution in [1.29, 1.82) is 0 Å². The Morgan fingerprint density at radius 3 is 1.89 bits per heavy atom. The first-order chi connectivity index (χ1) is 29.8. The highest BCUT2D eigenvalue weighted by molar-refractivity contribution is 5.98. The summed E-state index contributed by atoms with van der Waals surface area (Å²) >= 11 is 0. The highest BCUT2D eigenvalue weighted by Crippen LogP contribution is 2.70. The van der Waals surface area contributed by atoms with Crippen LogP contribution >= 0.6 is 0 Å². The van der Waals surface area contributed by atoms with Crippen LogP contribution in [0.4, 0.5) is 11.4 Å². The zero-order valence-electron chi connectivity index (χ0n) is 34.9. The maximum absolute atomic E-state index is 6.95. The fourth-order valence-corrected chi connectivity index (χ4v) is 13.1. The van der Waals surface area contributed by atoms with Gasteiger partial charge in [0.25, 0.3) is 0 Å². The Morgan fingerprint density at radius 1 is 0.459 bits per heavy atom. The molecular formula is C59H45NO. The van der Waals surface area contributed by atoms with Crippen molar-refractivity contribution in [3.8, 4) is 22.6 Å². The van der Waals surface area contributed by atoms with Gasteiger partial charge in [-0.2, -0.15) is 0 Å². The summed E-state index contributed by atoms with van der Waals surface area (Å²) in [6, 6.07) is 65.7. The lowest BCUT2D eigenvalue weighted by Crippen LogP contribution is -2.52. The highest BCUT2D eigenvalue weighted by atomic mass is 16.5. The number of allylic oxidation sites excluding steroid dienone is 4. The van der Waals surface area contributed by atoms with E-state index >= 15 is 0 Å². The summed E-state index contributed by atoms with van der Waals surface area (Å²) in [4.78, 5) is 2.64. The number of hydrogen-bond acceptors (Lipinski definition) is 2. The van der Waals surface area contributed by atoms with Crippen molar-refractivity contribution in [2.75, 3.05) is 4.90 Å². The van der Waals surface area contributed by atoms with Gasteiger partial charge in [0.2, 0.25) is 0 Å². The standard InChI is InChI=1S/C59H45NO/c1-36-53-46-21-9-10-23-48(46)59-49-24-11-12-26-51(49)61-52-32-31-42(35-50(52)59)60(41-29-27-40(28-30-41)44-22-13-17-38-15-5-7-19-43(38)44)58(4)34-33-57(3,55(36)56(58)37(2)54(53)59)47-25-14-18-39-16-6-8-20-45(39)47/h5-37H,1-4H3. The number of fused-ring (bicyclic) bond motifs is 6. The number of anilines is 2. The van der Waals surface area contributed by atoms with Gasteiger partial charge in [-0.05, 0) is 122 Å². The van der Waals surface area contributed by atoms with Gasteiger partial charge in [-0.25, -0.2) is 0 Å². The third kappa shape index (κ3) is 4.32. The predicted octanol–water partition coefficient (Wildman–Crippen LogP) is 14.9. The molecule has 5 atom stereocenters. The number of hydrogen-bond donors (Lipinski definition) is 0. The summed E-state index contributed by atoms with van der Waals surface area (Å²) in [7, 11) is 0. The van der Waals surface area contributed by atoms with E-state index in [9.17, 15) is 0 Å². The van der Waals surface area contributed by atoms with Crippen LogP contribution in [-0.4, -0.2) is 5.54 Å². The van der Waals surface area contributed by atoms with E-state index in [0.29, 0.717) is 0 Å². The molecule has 1 spiro atoms. The summed E-state index contributed by atoms with van der Waals surface area (Å²) < 4.78 is 6.95. The minimum atomic E-state index is -0.523. The minimum Gasteiger partial charge on any atom is -0.457 e. The number of para-hydroxylation sites is 1. The molecule has 5 unspecified atom stereocenters. The third-order valence-corrected chi connectivity index (χ3v) is 15.4. The van der Waals surface area contributed by atoms with Gasteiger partial charge in [0.05, 0.1) is 11.0 Å². The van der Waals surface area contributed by atoms with Crippen LogP contribution in [0.1, 0.15) is 55.5 Å². The Bertz CT molecular complexity index is 3300. The Hall–Kier alpha value is -6.90. The Morgan fingerprint density at radius 2 is 1.07 bits per heavy atom. The molecule has 13 rings (SSSR count). The first kappa shape index (κ1) is 34.9. The molecule has 8 aromatic rings. The van der Waals surface area contributed by atoms with Gasteiger partial charge in [-0.1, -0.05) is 166 Å². The quantitative estimate of drug-likeness (QED) is 0.166. The van der Waals surface area contributed by atoms with Crippen molar-refractivity contribution in [2.24, 2.45) is 11.8 Å². The SMILES string of the molecule is CC1C2=C3C(C)C4=C1C(C)(c1cccc5ccccc15)C=CC4(C)N(c1ccc(-c4cccc5ccccc45)cc1)c1ccc4c(c1)C3(c1ccccc1O4)c1ccccc12.